The van der Waals surface area contributed by atoms with Crippen molar-refractivity contribution in [3.63, 3.8) is 0 Å². The minimum Gasteiger partial charge on any atom is -0.457 e. The molecule has 2 nitrogen and oxygen atoms in total. The number of halogens is 3. The molecule has 100 valence electrons. The Kier molecular flexibility index (Phi) is 4.64. The summed E-state index contributed by atoms with van der Waals surface area (Å²) in [6.45, 7) is 0.346. The normalized spacial score (nSPS) is 10.5. The Morgan fingerprint density at radius 3 is 2.58 bits per heavy atom. The van der Waals surface area contributed by atoms with Gasteiger partial charge >= 0.3 is 0 Å². The largest absolute Gasteiger partial charge is 0.457 e. The molecule has 2 N–H and O–H groups in total. The molecule has 0 saturated heterocycles. The summed E-state index contributed by atoms with van der Waals surface area (Å²) in [7, 11) is 0. The van der Waals surface area contributed by atoms with Gasteiger partial charge in [-0.15, -0.1) is 0 Å². The Bertz CT molecular complexity index is 590. The van der Waals surface area contributed by atoms with E-state index in [0.717, 1.165) is 0 Å². The van der Waals surface area contributed by atoms with E-state index in [1.807, 2.05) is 0 Å². The van der Waals surface area contributed by atoms with Crippen molar-refractivity contribution in [3.8, 4) is 11.5 Å². The van der Waals surface area contributed by atoms with E-state index < -0.39 is 0 Å². The first-order chi connectivity index (χ1) is 9.11. The third-order valence-corrected chi connectivity index (χ3v) is 3.33. The topological polar surface area (TPSA) is 35.2 Å². The van der Waals surface area contributed by atoms with Crippen molar-refractivity contribution < 1.29 is 9.13 Å². The van der Waals surface area contributed by atoms with Gasteiger partial charge in [0.05, 0.1) is 10.0 Å². The van der Waals surface area contributed by atoms with E-state index in [-0.39, 0.29) is 5.82 Å². The van der Waals surface area contributed by atoms with Gasteiger partial charge < -0.3 is 10.5 Å². The zero-order valence-electron chi connectivity index (χ0n) is 10.00. The number of nitrogens with two attached hydrogens (primary N) is 1. The second-order valence-corrected chi connectivity index (χ2v) is 4.75. The fraction of sp³-hybridized carbons (Fsp3) is 0.143. The molecule has 0 unspecified atom stereocenters. The Hall–Kier alpha value is -1.29. The summed E-state index contributed by atoms with van der Waals surface area (Å²) in [6, 6.07) is 9.54. The van der Waals surface area contributed by atoms with Gasteiger partial charge in [0, 0.05) is 11.6 Å². The average Bonchev–Trinajstić information content (AvgIpc) is 2.38. The van der Waals surface area contributed by atoms with Crippen molar-refractivity contribution in [2.45, 2.75) is 6.42 Å². The van der Waals surface area contributed by atoms with Crippen molar-refractivity contribution >= 4 is 23.2 Å². The lowest BCUT2D eigenvalue weighted by molar-refractivity contribution is 0.467. The lowest BCUT2D eigenvalue weighted by Crippen LogP contribution is -2.06. The third kappa shape index (κ3) is 3.38. The first kappa shape index (κ1) is 14.1. The van der Waals surface area contributed by atoms with Crippen LogP contribution in [0.25, 0.3) is 0 Å². The maximum absolute atomic E-state index is 13.7. The van der Waals surface area contributed by atoms with E-state index >= 15 is 0 Å². The Morgan fingerprint density at radius 2 is 1.89 bits per heavy atom. The first-order valence-electron chi connectivity index (χ1n) is 5.72. The molecule has 0 aliphatic carbocycles. The molecule has 0 aromatic heterocycles. The number of benzene rings is 2. The van der Waals surface area contributed by atoms with Crippen molar-refractivity contribution in [3.05, 3.63) is 57.8 Å². The lowest BCUT2D eigenvalue weighted by atomic mass is 10.1. The predicted molar refractivity (Wildman–Crippen MR) is 75.7 cm³/mol. The van der Waals surface area contributed by atoms with Gasteiger partial charge in [0.2, 0.25) is 0 Å². The van der Waals surface area contributed by atoms with Crippen LogP contribution < -0.4 is 10.5 Å². The van der Waals surface area contributed by atoms with Crippen LogP contribution in [-0.4, -0.2) is 6.54 Å². The van der Waals surface area contributed by atoms with E-state index in [2.05, 4.69) is 0 Å². The van der Waals surface area contributed by atoms with Crippen molar-refractivity contribution in [1.82, 2.24) is 0 Å². The summed E-state index contributed by atoms with van der Waals surface area (Å²) in [6.07, 6.45) is 0.406. The Labute approximate surface area is 120 Å². The van der Waals surface area contributed by atoms with E-state index in [0.29, 0.717) is 40.1 Å². The highest BCUT2D eigenvalue weighted by molar-refractivity contribution is 6.42. The summed E-state index contributed by atoms with van der Waals surface area (Å²) in [4.78, 5) is 0. The molecule has 0 amide bonds. The van der Waals surface area contributed by atoms with Gasteiger partial charge in [0.15, 0.2) is 0 Å². The van der Waals surface area contributed by atoms with Gasteiger partial charge in [-0.25, -0.2) is 4.39 Å². The maximum Gasteiger partial charge on any atom is 0.133 e. The number of hydrogen-bond donors (Lipinski definition) is 1. The van der Waals surface area contributed by atoms with Crippen LogP contribution in [0.3, 0.4) is 0 Å². The smallest absolute Gasteiger partial charge is 0.133 e. The molecule has 0 radical (unpaired) electrons. The van der Waals surface area contributed by atoms with Crippen molar-refractivity contribution in [2.24, 2.45) is 5.73 Å². The van der Waals surface area contributed by atoms with Crippen molar-refractivity contribution in [1.29, 1.82) is 0 Å². The average molecular weight is 300 g/mol. The molecule has 0 fully saturated rings. The van der Waals surface area contributed by atoms with Crippen LogP contribution in [0.2, 0.25) is 10.0 Å². The molecule has 0 bridgehead atoms. The number of hydrogen-bond acceptors (Lipinski definition) is 2. The summed E-state index contributed by atoms with van der Waals surface area (Å²) in [5.41, 5.74) is 5.93. The summed E-state index contributed by atoms with van der Waals surface area (Å²) in [5, 5.41) is 0.825. The molecule has 0 heterocycles. The third-order valence-electron chi connectivity index (χ3n) is 2.59. The molecular weight excluding hydrogens is 288 g/mol. The van der Waals surface area contributed by atoms with Gasteiger partial charge in [-0.05, 0) is 37.2 Å². The molecule has 2 aromatic carbocycles. The molecule has 19 heavy (non-hydrogen) atoms. The summed E-state index contributed by atoms with van der Waals surface area (Å²) >= 11 is 11.7. The van der Waals surface area contributed by atoms with Crippen LogP contribution in [0.5, 0.6) is 11.5 Å². The molecule has 2 aromatic rings. The van der Waals surface area contributed by atoms with Gasteiger partial charge in [0.1, 0.15) is 17.3 Å². The maximum atomic E-state index is 13.7. The standard InChI is InChI=1S/C14H12Cl2FNO/c15-11-5-4-9(8-12(11)16)19-14-3-1-2-13(17)10(14)6-7-18/h1-5,8H,6-7,18H2. The molecule has 0 atom stereocenters. The molecule has 0 spiro atoms. The first-order valence-corrected chi connectivity index (χ1v) is 6.47. The van der Waals surface area contributed by atoms with E-state index in [1.165, 1.54) is 6.07 Å². The van der Waals surface area contributed by atoms with Gasteiger partial charge in [-0.1, -0.05) is 29.3 Å². The highest BCUT2D eigenvalue weighted by Crippen LogP contribution is 2.31. The molecule has 0 aliphatic rings. The van der Waals surface area contributed by atoms with Crippen LogP contribution >= 0.6 is 23.2 Å². The summed E-state index contributed by atoms with van der Waals surface area (Å²) in [5.74, 6) is 0.602. The molecule has 5 heteroatoms. The molecule has 0 saturated carbocycles. The van der Waals surface area contributed by atoms with E-state index in [1.54, 1.807) is 30.3 Å². The minimum absolute atomic E-state index is 0.331. The van der Waals surface area contributed by atoms with Gasteiger partial charge in [-0.2, -0.15) is 0 Å². The second kappa shape index (κ2) is 6.24. The quantitative estimate of drug-likeness (QED) is 0.906. The van der Waals surface area contributed by atoms with Crippen LogP contribution in [0.4, 0.5) is 4.39 Å². The highest BCUT2D eigenvalue weighted by Gasteiger charge is 2.10. The number of rotatable bonds is 4. The molecule has 2 rings (SSSR count). The minimum atomic E-state index is -0.331. The zero-order valence-corrected chi connectivity index (χ0v) is 11.5. The van der Waals surface area contributed by atoms with Crippen LogP contribution in [0, 0.1) is 5.82 Å². The number of ether oxygens (including phenoxy) is 1. The van der Waals surface area contributed by atoms with E-state index in [9.17, 15) is 4.39 Å². The van der Waals surface area contributed by atoms with E-state index in [4.69, 9.17) is 33.7 Å². The fourth-order valence-electron chi connectivity index (χ4n) is 1.69. The van der Waals surface area contributed by atoms with Crippen LogP contribution in [0.15, 0.2) is 36.4 Å². The zero-order chi connectivity index (χ0) is 13.8. The van der Waals surface area contributed by atoms with Crippen LogP contribution in [-0.2, 0) is 6.42 Å². The SMILES string of the molecule is NCCc1c(F)cccc1Oc1ccc(Cl)c(Cl)c1. The van der Waals surface area contributed by atoms with Crippen molar-refractivity contribution in [2.75, 3.05) is 6.54 Å². The fourth-order valence-corrected chi connectivity index (χ4v) is 1.98. The highest BCUT2D eigenvalue weighted by atomic mass is 35.5. The molecular formula is C14H12Cl2FNO. The molecule has 0 aliphatic heterocycles. The van der Waals surface area contributed by atoms with Gasteiger partial charge in [-0.3, -0.25) is 0 Å². The predicted octanol–water partition coefficient (Wildman–Crippen LogP) is 4.43. The monoisotopic (exact) mass is 299 g/mol. The lowest BCUT2D eigenvalue weighted by Gasteiger charge is -2.12. The Morgan fingerprint density at radius 1 is 1.11 bits per heavy atom. The second-order valence-electron chi connectivity index (χ2n) is 3.93. The Balaban J connectivity index is 2.32. The van der Waals surface area contributed by atoms with Gasteiger partial charge in [0.25, 0.3) is 0 Å². The van der Waals surface area contributed by atoms with Crippen LogP contribution in [0.1, 0.15) is 5.56 Å². The summed E-state index contributed by atoms with van der Waals surface area (Å²) < 4.78 is 19.3.